The highest BCUT2D eigenvalue weighted by atomic mass is 32.2. The summed E-state index contributed by atoms with van der Waals surface area (Å²) in [5, 5.41) is 12.8. The van der Waals surface area contributed by atoms with Crippen LogP contribution in [0.3, 0.4) is 0 Å². The van der Waals surface area contributed by atoms with Crippen molar-refractivity contribution in [1.82, 2.24) is 9.80 Å². The molecule has 13 heteroatoms. The molecule has 3 N–H and O–H groups in total. The average molecular weight is 611 g/mol. The third-order valence-corrected chi connectivity index (χ3v) is 8.79. The van der Waals surface area contributed by atoms with E-state index in [9.17, 15) is 23.1 Å². The summed E-state index contributed by atoms with van der Waals surface area (Å²) in [6.45, 7) is 3.80. The molecular formula is C30H34N4O8S. The zero-order chi connectivity index (χ0) is 30.7. The number of aliphatic hydroxyl groups is 1. The first-order valence-electron chi connectivity index (χ1n) is 13.8. The van der Waals surface area contributed by atoms with Crippen molar-refractivity contribution < 1.29 is 37.3 Å². The van der Waals surface area contributed by atoms with Gasteiger partial charge in [0.2, 0.25) is 6.79 Å². The van der Waals surface area contributed by atoms with Gasteiger partial charge >= 0.3 is 6.03 Å². The van der Waals surface area contributed by atoms with Crippen LogP contribution in [0.2, 0.25) is 0 Å². The standard InChI is InChI=1S/C30H34N4O8S/c1-19-15-34(20(2)17-35)29(36)23-10-7-11-24(32-43(38,39)22-8-5-4-6-9-22)28(23)42-27(19)16-33(3)30(37)31-21-12-13-25-26(14-21)41-18-40-25/h4-14,19-20,27,32,35H,15-18H2,1-3H3,(H,31,37)/t19-,20-,27+/m0/s1. The number of hydrogen-bond acceptors (Lipinski definition) is 8. The lowest BCUT2D eigenvalue weighted by molar-refractivity contribution is 0.0373. The molecule has 2 heterocycles. The van der Waals surface area contributed by atoms with Gasteiger partial charge in [-0.3, -0.25) is 9.52 Å². The van der Waals surface area contributed by atoms with Gasteiger partial charge < -0.3 is 34.4 Å². The molecule has 3 aromatic rings. The van der Waals surface area contributed by atoms with Crippen LogP contribution in [-0.4, -0.2) is 80.9 Å². The molecule has 3 aromatic carbocycles. The summed E-state index contributed by atoms with van der Waals surface area (Å²) in [6, 6.07) is 16.7. The fraction of sp³-hybridized carbons (Fsp3) is 0.333. The van der Waals surface area contributed by atoms with Crippen LogP contribution in [0.15, 0.2) is 71.6 Å². The molecule has 12 nitrogen and oxygen atoms in total. The van der Waals surface area contributed by atoms with E-state index < -0.39 is 34.1 Å². The highest BCUT2D eigenvalue weighted by molar-refractivity contribution is 7.92. The monoisotopic (exact) mass is 610 g/mol. The van der Waals surface area contributed by atoms with Crippen LogP contribution in [0.1, 0.15) is 24.2 Å². The number of likely N-dealkylation sites (N-methyl/N-ethyl adjacent to an activating group) is 1. The van der Waals surface area contributed by atoms with Crippen LogP contribution < -0.4 is 24.2 Å². The fourth-order valence-corrected chi connectivity index (χ4v) is 5.97. The van der Waals surface area contributed by atoms with E-state index in [4.69, 9.17) is 14.2 Å². The SMILES string of the molecule is C[C@H]1CN([C@@H](C)CO)C(=O)c2cccc(NS(=O)(=O)c3ccccc3)c2O[C@@H]1CN(C)C(=O)Nc1ccc2c(c1)OCO2. The third-order valence-electron chi connectivity index (χ3n) is 7.41. The molecule has 228 valence electrons. The number of fused-ring (bicyclic) bond motifs is 2. The van der Waals surface area contributed by atoms with Crippen LogP contribution in [0.25, 0.3) is 0 Å². The van der Waals surface area contributed by atoms with E-state index in [1.807, 2.05) is 6.92 Å². The van der Waals surface area contributed by atoms with E-state index in [0.717, 1.165) is 0 Å². The van der Waals surface area contributed by atoms with Crippen LogP contribution >= 0.6 is 0 Å². The normalized spacial score (nSPS) is 18.5. The second-order valence-corrected chi connectivity index (χ2v) is 12.3. The molecule has 3 atom stereocenters. The van der Waals surface area contributed by atoms with Crippen molar-refractivity contribution in [3.8, 4) is 17.2 Å². The number of anilines is 2. The molecule has 2 aliphatic heterocycles. The molecule has 0 aromatic heterocycles. The van der Waals surface area contributed by atoms with Gasteiger partial charge in [-0.2, -0.15) is 0 Å². The van der Waals surface area contributed by atoms with Gasteiger partial charge in [-0.05, 0) is 43.3 Å². The zero-order valence-electron chi connectivity index (χ0n) is 24.0. The Hall–Kier alpha value is -4.49. The molecule has 2 aliphatic rings. The van der Waals surface area contributed by atoms with Crippen molar-refractivity contribution >= 4 is 33.3 Å². The van der Waals surface area contributed by atoms with Crippen molar-refractivity contribution in [2.75, 3.05) is 43.6 Å². The van der Waals surface area contributed by atoms with Gasteiger partial charge in [-0.1, -0.05) is 31.2 Å². The molecule has 0 radical (unpaired) electrons. The number of sulfonamides is 1. The molecule has 0 fully saturated rings. The van der Waals surface area contributed by atoms with Gasteiger partial charge in [0.25, 0.3) is 15.9 Å². The maximum atomic E-state index is 13.7. The number of ether oxygens (including phenoxy) is 3. The van der Waals surface area contributed by atoms with Crippen LogP contribution in [0, 0.1) is 5.92 Å². The summed E-state index contributed by atoms with van der Waals surface area (Å²) in [5.41, 5.74) is 0.736. The van der Waals surface area contributed by atoms with Gasteiger partial charge in [0.1, 0.15) is 6.10 Å². The van der Waals surface area contributed by atoms with Crippen LogP contribution in [0.5, 0.6) is 17.2 Å². The topological polar surface area (TPSA) is 147 Å². The second-order valence-electron chi connectivity index (χ2n) is 10.6. The molecule has 0 bridgehead atoms. The van der Waals surface area contributed by atoms with Gasteiger partial charge in [0.15, 0.2) is 17.2 Å². The van der Waals surface area contributed by atoms with E-state index >= 15 is 0 Å². The smallest absolute Gasteiger partial charge is 0.321 e. The minimum Gasteiger partial charge on any atom is -0.485 e. The number of urea groups is 1. The summed E-state index contributed by atoms with van der Waals surface area (Å²) in [5.74, 6) is 0.449. The lowest BCUT2D eigenvalue weighted by Crippen LogP contribution is -2.50. The van der Waals surface area contributed by atoms with Crippen LogP contribution in [0.4, 0.5) is 16.2 Å². The highest BCUT2D eigenvalue weighted by Gasteiger charge is 2.35. The Labute approximate surface area is 250 Å². The first-order valence-corrected chi connectivity index (χ1v) is 15.3. The summed E-state index contributed by atoms with van der Waals surface area (Å²) in [7, 11) is -2.40. The van der Waals surface area contributed by atoms with Crippen molar-refractivity contribution in [2.24, 2.45) is 5.92 Å². The van der Waals surface area contributed by atoms with E-state index in [2.05, 4.69) is 10.0 Å². The molecule has 0 saturated carbocycles. The molecule has 0 unspecified atom stereocenters. The number of para-hydroxylation sites is 1. The molecule has 43 heavy (non-hydrogen) atoms. The largest absolute Gasteiger partial charge is 0.485 e. The summed E-state index contributed by atoms with van der Waals surface area (Å²) >= 11 is 0. The number of amides is 3. The number of nitrogens with zero attached hydrogens (tertiary/aromatic N) is 2. The van der Waals surface area contributed by atoms with E-state index in [1.165, 1.54) is 23.1 Å². The third kappa shape index (κ3) is 6.47. The number of rotatable bonds is 8. The van der Waals surface area contributed by atoms with Gasteiger partial charge in [0.05, 0.1) is 35.3 Å². The summed E-state index contributed by atoms with van der Waals surface area (Å²) in [6.07, 6.45) is -0.657. The minimum atomic E-state index is -4.01. The fourth-order valence-electron chi connectivity index (χ4n) is 4.89. The van der Waals surface area contributed by atoms with Crippen molar-refractivity contribution in [2.45, 2.75) is 30.9 Å². The van der Waals surface area contributed by atoms with Crippen molar-refractivity contribution in [1.29, 1.82) is 0 Å². The Morgan fingerprint density at radius 1 is 1.09 bits per heavy atom. The lowest BCUT2D eigenvalue weighted by Gasteiger charge is -2.38. The van der Waals surface area contributed by atoms with Gasteiger partial charge in [-0.15, -0.1) is 0 Å². The lowest BCUT2D eigenvalue weighted by atomic mass is 9.99. The molecule has 0 saturated heterocycles. The Bertz CT molecular complexity index is 1600. The highest BCUT2D eigenvalue weighted by Crippen LogP contribution is 2.37. The maximum Gasteiger partial charge on any atom is 0.321 e. The first kappa shape index (κ1) is 30.0. The van der Waals surface area contributed by atoms with E-state index in [0.29, 0.717) is 17.2 Å². The molecule has 3 amide bonds. The summed E-state index contributed by atoms with van der Waals surface area (Å²) < 4.78 is 46.2. The Kier molecular flexibility index (Phi) is 8.64. The van der Waals surface area contributed by atoms with Gasteiger partial charge in [-0.25, -0.2) is 13.2 Å². The number of benzene rings is 3. The van der Waals surface area contributed by atoms with Gasteiger partial charge in [0, 0.05) is 31.3 Å². The molecule has 0 spiro atoms. The number of aliphatic hydroxyl groups excluding tert-OH is 1. The predicted molar refractivity (Wildman–Crippen MR) is 159 cm³/mol. The van der Waals surface area contributed by atoms with E-state index in [-0.39, 0.29) is 54.3 Å². The van der Waals surface area contributed by atoms with E-state index in [1.54, 1.807) is 67.4 Å². The maximum absolute atomic E-state index is 13.7. The number of nitrogens with one attached hydrogen (secondary N) is 2. The Morgan fingerprint density at radius 2 is 1.84 bits per heavy atom. The summed E-state index contributed by atoms with van der Waals surface area (Å²) in [4.78, 5) is 29.9. The van der Waals surface area contributed by atoms with Crippen molar-refractivity contribution in [3.05, 3.63) is 72.3 Å². The second kappa shape index (κ2) is 12.4. The number of carbonyl (C=O) groups is 2. The molecule has 0 aliphatic carbocycles. The average Bonchev–Trinajstić information content (AvgIpc) is 3.47. The molecular weight excluding hydrogens is 576 g/mol. The minimum absolute atomic E-state index is 0.0447. The first-order chi connectivity index (χ1) is 20.6. The van der Waals surface area contributed by atoms with Crippen molar-refractivity contribution in [3.63, 3.8) is 0 Å². The predicted octanol–water partition coefficient (Wildman–Crippen LogP) is 3.60. The van der Waals surface area contributed by atoms with Crippen LogP contribution in [-0.2, 0) is 10.0 Å². The number of hydrogen-bond donors (Lipinski definition) is 3. The Morgan fingerprint density at radius 3 is 2.58 bits per heavy atom. The Balaban J connectivity index is 1.44. The zero-order valence-corrected chi connectivity index (χ0v) is 24.8. The quantitative estimate of drug-likeness (QED) is 0.351. The molecule has 5 rings (SSSR count). The number of carbonyl (C=O) groups excluding carboxylic acids is 2.